The summed E-state index contributed by atoms with van der Waals surface area (Å²) in [5.41, 5.74) is 0.805. The van der Waals surface area contributed by atoms with Crippen molar-refractivity contribution in [1.82, 2.24) is 0 Å². The molecule has 0 aliphatic heterocycles. The molecule has 0 atom stereocenters. The second kappa shape index (κ2) is 5.21. The quantitative estimate of drug-likeness (QED) is 0.298. The molecule has 0 amide bonds. The fourth-order valence-corrected chi connectivity index (χ4v) is 3.07. The molecule has 0 heterocycles. The van der Waals surface area contributed by atoms with Crippen molar-refractivity contribution in [2.24, 2.45) is 0 Å². The van der Waals surface area contributed by atoms with Gasteiger partial charge in [-0.2, -0.15) is 0 Å². The van der Waals surface area contributed by atoms with Gasteiger partial charge in [0, 0.05) is 0 Å². The molecule has 24 heavy (non-hydrogen) atoms. The first-order valence-electron chi connectivity index (χ1n) is 12.1. The van der Waals surface area contributed by atoms with Crippen molar-refractivity contribution in [1.29, 1.82) is 0 Å². The summed E-state index contributed by atoms with van der Waals surface area (Å²) in [5.74, 6) is 0. The zero-order chi connectivity index (χ0) is 23.8. The standard InChI is InChI=1S/C24H16/c1-2-8-18-15-21(14-13-17(18)7-1)24-22-11-5-3-9-19(22)16-20-10-4-6-12-23(20)24/h1-16H/i3D,4D,5D,6D,9D,10D,11D,12D,16D. The summed E-state index contributed by atoms with van der Waals surface area (Å²) in [7, 11) is 0. The maximum absolute atomic E-state index is 8.74. The Bertz CT molecular complexity index is 1570. The first-order valence-corrected chi connectivity index (χ1v) is 7.57. The van der Waals surface area contributed by atoms with E-state index in [9.17, 15) is 0 Å². The van der Waals surface area contributed by atoms with Crippen molar-refractivity contribution in [2.45, 2.75) is 0 Å². The molecule has 0 aliphatic carbocycles. The zero-order valence-corrected chi connectivity index (χ0v) is 12.5. The lowest BCUT2D eigenvalue weighted by Crippen LogP contribution is -1.86. The lowest BCUT2D eigenvalue weighted by molar-refractivity contribution is 1.70. The van der Waals surface area contributed by atoms with Crippen LogP contribution in [0.2, 0.25) is 0 Å². The van der Waals surface area contributed by atoms with Crippen LogP contribution in [0.1, 0.15) is 12.3 Å². The zero-order valence-electron chi connectivity index (χ0n) is 21.5. The summed E-state index contributed by atoms with van der Waals surface area (Å²) < 4.78 is 75.4. The summed E-state index contributed by atoms with van der Waals surface area (Å²) in [4.78, 5) is 0. The molecule has 5 rings (SSSR count). The predicted octanol–water partition coefficient (Wildman–Crippen LogP) is 6.81. The number of hydrogen-bond acceptors (Lipinski definition) is 0. The van der Waals surface area contributed by atoms with Crippen LogP contribution in [-0.2, 0) is 0 Å². The minimum absolute atomic E-state index is 0.0679. The van der Waals surface area contributed by atoms with E-state index in [1.54, 1.807) is 6.07 Å². The van der Waals surface area contributed by atoms with E-state index in [1.807, 2.05) is 36.4 Å². The van der Waals surface area contributed by atoms with Gasteiger partial charge in [0.15, 0.2) is 0 Å². The van der Waals surface area contributed by atoms with Gasteiger partial charge in [0.1, 0.15) is 0 Å². The van der Waals surface area contributed by atoms with Gasteiger partial charge in [-0.05, 0) is 55.6 Å². The van der Waals surface area contributed by atoms with Gasteiger partial charge in [0.25, 0.3) is 0 Å². The van der Waals surface area contributed by atoms with Gasteiger partial charge in [-0.15, -0.1) is 0 Å². The Morgan fingerprint density at radius 1 is 0.583 bits per heavy atom. The van der Waals surface area contributed by atoms with E-state index in [-0.39, 0.29) is 45.2 Å². The van der Waals surface area contributed by atoms with Crippen molar-refractivity contribution >= 4 is 32.3 Å². The lowest BCUT2D eigenvalue weighted by Gasteiger charge is -2.13. The first kappa shape index (κ1) is 7.19. The Kier molecular flexibility index (Phi) is 1.56. The number of hydrogen-bond donors (Lipinski definition) is 0. The third-order valence-corrected chi connectivity index (χ3v) is 4.16. The predicted molar refractivity (Wildman–Crippen MR) is 104 cm³/mol. The molecule has 0 saturated heterocycles. The fraction of sp³-hybridized carbons (Fsp3) is 0. The van der Waals surface area contributed by atoms with Gasteiger partial charge < -0.3 is 0 Å². The molecule has 0 saturated carbocycles. The van der Waals surface area contributed by atoms with Gasteiger partial charge in [0.2, 0.25) is 0 Å². The highest BCUT2D eigenvalue weighted by atomic mass is 14.1. The molecular formula is C24H16. The summed E-state index contributed by atoms with van der Waals surface area (Å²) in [6.07, 6.45) is 0. The molecule has 0 spiro atoms. The van der Waals surface area contributed by atoms with Crippen LogP contribution in [0.25, 0.3) is 43.4 Å². The highest BCUT2D eigenvalue weighted by molar-refractivity contribution is 6.13. The van der Waals surface area contributed by atoms with E-state index in [2.05, 4.69) is 0 Å². The first-order chi connectivity index (χ1) is 15.6. The van der Waals surface area contributed by atoms with E-state index in [0.29, 0.717) is 5.56 Å². The maximum Gasteiger partial charge on any atom is 0.0636 e. The van der Waals surface area contributed by atoms with Crippen molar-refractivity contribution in [2.75, 3.05) is 0 Å². The van der Waals surface area contributed by atoms with Crippen molar-refractivity contribution in [3.05, 3.63) is 96.8 Å². The van der Waals surface area contributed by atoms with Crippen LogP contribution in [0.4, 0.5) is 0 Å². The van der Waals surface area contributed by atoms with Gasteiger partial charge in [-0.1, -0.05) is 84.7 Å². The van der Waals surface area contributed by atoms with Crippen LogP contribution in [0, 0.1) is 0 Å². The van der Waals surface area contributed by atoms with Crippen LogP contribution < -0.4 is 0 Å². The van der Waals surface area contributed by atoms with E-state index >= 15 is 0 Å². The third-order valence-electron chi connectivity index (χ3n) is 4.16. The van der Waals surface area contributed by atoms with Gasteiger partial charge in [-0.3, -0.25) is 0 Å². The Labute approximate surface area is 153 Å². The van der Waals surface area contributed by atoms with Gasteiger partial charge in [0.05, 0.1) is 12.3 Å². The highest BCUT2D eigenvalue weighted by Gasteiger charge is 2.09. The molecule has 0 heteroatoms. The Hall–Kier alpha value is -3.12. The molecule has 5 aromatic rings. The smallest absolute Gasteiger partial charge is 0.0616 e. The molecule has 0 nitrogen and oxygen atoms in total. The summed E-state index contributed by atoms with van der Waals surface area (Å²) >= 11 is 0. The Morgan fingerprint density at radius 3 is 1.92 bits per heavy atom. The molecule has 0 fully saturated rings. The minimum atomic E-state index is -0.495. The fourth-order valence-electron chi connectivity index (χ4n) is 3.07. The van der Waals surface area contributed by atoms with E-state index < -0.39 is 36.3 Å². The summed E-state index contributed by atoms with van der Waals surface area (Å²) in [5, 5.41) is 1.82. The van der Waals surface area contributed by atoms with E-state index in [1.165, 1.54) is 0 Å². The maximum atomic E-state index is 8.74. The average Bonchev–Trinajstić information content (AvgIpc) is 2.82. The Balaban J connectivity index is 2.16. The molecule has 0 radical (unpaired) electrons. The molecule has 0 aromatic heterocycles. The van der Waals surface area contributed by atoms with Crippen LogP contribution in [0.5, 0.6) is 0 Å². The van der Waals surface area contributed by atoms with Crippen LogP contribution in [-0.4, -0.2) is 0 Å². The Morgan fingerprint density at radius 2 is 1.21 bits per heavy atom. The van der Waals surface area contributed by atoms with Gasteiger partial charge >= 0.3 is 0 Å². The van der Waals surface area contributed by atoms with Crippen molar-refractivity contribution < 1.29 is 12.3 Å². The highest BCUT2D eigenvalue weighted by Crippen LogP contribution is 2.37. The molecule has 5 aromatic carbocycles. The second-order valence-electron chi connectivity index (χ2n) is 5.56. The molecule has 0 N–H and O–H groups in total. The molecular weight excluding hydrogens is 288 g/mol. The SMILES string of the molecule is [2H]c1c([2H])c([2H])c2c(-c3ccc4ccccc4c3)c3c([2H])c([2H])c([2H])c([2H])c3c([2H])c2c1[2H]. The number of fused-ring (bicyclic) bond motifs is 3. The third kappa shape index (κ3) is 2.00. The average molecular weight is 313 g/mol. The number of benzene rings is 5. The topological polar surface area (TPSA) is 0 Å². The van der Waals surface area contributed by atoms with Crippen molar-refractivity contribution in [3.8, 4) is 11.1 Å². The molecule has 0 bridgehead atoms. The minimum Gasteiger partial charge on any atom is -0.0616 e. The van der Waals surface area contributed by atoms with Crippen molar-refractivity contribution in [3.63, 3.8) is 0 Å². The summed E-state index contributed by atoms with van der Waals surface area (Å²) in [6.45, 7) is 0. The number of rotatable bonds is 1. The van der Waals surface area contributed by atoms with Crippen LogP contribution in [0.3, 0.4) is 0 Å². The van der Waals surface area contributed by atoms with Gasteiger partial charge in [-0.25, -0.2) is 0 Å². The van der Waals surface area contributed by atoms with E-state index in [4.69, 9.17) is 12.3 Å². The van der Waals surface area contributed by atoms with Crippen LogP contribution >= 0.6 is 0 Å². The molecule has 0 aliphatic rings. The van der Waals surface area contributed by atoms with Crippen LogP contribution in [0.15, 0.2) is 96.8 Å². The normalized spacial score (nSPS) is 16.6. The molecule has 0 unspecified atom stereocenters. The molecule has 112 valence electrons. The largest absolute Gasteiger partial charge is 0.0636 e. The monoisotopic (exact) mass is 313 g/mol. The summed E-state index contributed by atoms with van der Waals surface area (Å²) in [6, 6.07) is 9.26. The second-order valence-corrected chi connectivity index (χ2v) is 5.56. The lowest BCUT2D eigenvalue weighted by atomic mass is 9.91. The van der Waals surface area contributed by atoms with E-state index in [0.717, 1.165) is 10.8 Å².